The topological polar surface area (TPSA) is 66.5 Å². The smallest absolute Gasteiger partial charge is 0.223 e. The molecule has 5 nitrogen and oxygen atoms in total. The van der Waals surface area contributed by atoms with Gasteiger partial charge in [-0.25, -0.2) is 8.42 Å². The number of nitrogens with one attached hydrogen (secondary N) is 1. The van der Waals surface area contributed by atoms with Gasteiger partial charge in [-0.2, -0.15) is 11.8 Å². The Morgan fingerprint density at radius 1 is 1.40 bits per heavy atom. The molecular weight excluding hydrogens is 296 g/mol. The van der Waals surface area contributed by atoms with Crippen molar-refractivity contribution in [1.29, 1.82) is 0 Å². The summed E-state index contributed by atoms with van der Waals surface area (Å²) in [6, 6.07) is 0.420. The van der Waals surface area contributed by atoms with E-state index in [0.29, 0.717) is 24.8 Å². The van der Waals surface area contributed by atoms with E-state index in [1.807, 2.05) is 0 Å². The van der Waals surface area contributed by atoms with Gasteiger partial charge < -0.3 is 10.2 Å². The van der Waals surface area contributed by atoms with Crippen LogP contribution in [0.5, 0.6) is 0 Å². The van der Waals surface area contributed by atoms with Crippen LogP contribution in [0.4, 0.5) is 0 Å². The minimum atomic E-state index is -3.19. The predicted octanol–water partition coefficient (Wildman–Crippen LogP) is 0.855. The zero-order valence-corrected chi connectivity index (χ0v) is 13.6. The Bertz CT molecular complexity index is 433. The maximum absolute atomic E-state index is 12.3. The van der Waals surface area contributed by atoms with E-state index < -0.39 is 15.2 Å². The van der Waals surface area contributed by atoms with Crippen molar-refractivity contribution in [2.45, 2.75) is 43.5 Å². The van der Waals surface area contributed by atoms with Gasteiger partial charge in [-0.1, -0.05) is 6.42 Å². The summed E-state index contributed by atoms with van der Waals surface area (Å²) in [4.78, 5) is 13.9. The van der Waals surface area contributed by atoms with Crippen molar-refractivity contribution in [2.75, 3.05) is 30.9 Å². The lowest BCUT2D eigenvalue weighted by atomic mass is 10.0. The molecular formula is C13H24N2O3S2. The molecule has 0 aromatic heterocycles. The van der Waals surface area contributed by atoms with Crippen LogP contribution in [0.25, 0.3) is 0 Å². The van der Waals surface area contributed by atoms with Crippen LogP contribution in [0, 0.1) is 0 Å². The molecule has 0 saturated carbocycles. The largest absolute Gasteiger partial charge is 0.324 e. The van der Waals surface area contributed by atoms with E-state index in [-0.39, 0.29) is 5.91 Å². The van der Waals surface area contributed by atoms with Crippen LogP contribution >= 0.6 is 11.8 Å². The Hall–Kier alpha value is -0.270. The molecule has 2 unspecified atom stereocenters. The van der Waals surface area contributed by atoms with Gasteiger partial charge >= 0.3 is 0 Å². The van der Waals surface area contributed by atoms with Gasteiger partial charge in [0.2, 0.25) is 5.91 Å². The number of amides is 1. The van der Waals surface area contributed by atoms with Gasteiger partial charge in [-0.3, -0.25) is 4.79 Å². The van der Waals surface area contributed by atoms with Crippen molar-refractivity contribution < 1.29 is 13.2 Å². The first-order valence-electron chi connectivity index (χ1n) is 7.28. The normalized spacial score (nSPS) is 28.4. The minimum Gasteiger partial charge on any atom is -0.324 e. The maximum Gasteiger partial charge on any atom is 0.223 e. The molecule has 2 fully saturated rings. The summed E-state index contributed by atoms with van der Waals surface area (Å²) < 4.78 is 23.6. The molecule has 2 aliphatic heterocycles. The molecule has 1 amide bonds. The molecule has 2 saturated heterocycles. The lowest BCUT2D eigenvalue weighted by Gasteiger charge is -2.34. The van der Waals surface area contributed by atoms with Gasteiger partial charge in [0, 0.05) is 36.8 Å². The van der Waals surface area contributed by atoms with Crippen LogP contribution in [0.15, 0.2) is 0 Å². The van der Waals surface area contributed by atoms with Crippen LogP contribution in [0.1, 0.15) is 32.1 Å². The number of rotatable bonds is 4. The first-order valence-corrected chi connectivity index (χ1v) is 10.4. The highest BCUT2D eigenvalue weighted by molar-refractivity contribution is 8.00. The molecule has 0 bridgehead atoms. The summed E-state index contributed by atoms with van der Waals surface area (Å²) in [5.41, 5.74) is 0. The molecule has 0 aromatic carbocycles. The first kappa shape index (κ1) is 16.1. The molecule has 0 aliphatic carbocycles. The third-order valence-electron chi connectivity index (χ3n) is 4.02. The van der Waals surface area contributed by atoms with Gasteiger partial charge in [-0.05, 0) is 25.8 Å². The number of piperidine rings is 1. The summed E-state index contributed by atoms with van der Waals surface area (Å²) in [5, 5.41) is 2.79. The number of hydrogen-bond donors (Lipinski definition) is 1. The number of sulfone groups is 1. The van der Waals surface area contributed by atoms with E-state index in [1.165, 1.54) is 19.1 Å². The van der Waals surface area contributed by atoms with Gasteiger partial charge in [0.05, 0.1) is 0 Å². The molecule has 2 rings (SSSR count). The van der Waals surface area contributed by atoms with Crippen molar-refractivity contribution in [2.24, 2.45) is 0 Å². The van der Waals surface area contributed by atoms with E-state index in [0.717, 1.165) is 25.1 Å². The molecule has 116 valence electrons. The number of carbonyl (C=O) groups is 1. The Morgan fingerprint density at radius 3 is 2.85 bits per heavy atom. The van der Waals surface area contributed by atoms with E-state index in [4.69, 9.17) is 0 Å². The molecule has 2 aliphatic rings. The Balaban J connectivity index is 1.89. The van der Waals surface area contributed by atoms with Gasteiger partial charge in [-0.15, -0.1) is 0 Å². The second-order valence-corrected chi connectivity index (χ2v) is 8.98. The Kier molecular flexibility index (Phi) is 5.74. The molecule has 2 heterocycles. The first-order chi connectivity index (χ1) is 9.48. The summed E-state index contributed by atoms with van der Waals surface area (Å²) in [7, 11) is -3.19. The van der Waals surface area contributed by atoms with Crippen molar-refractivity contribution in [3.8, 4) is 0 Å². The van der Waals surface area contributed by atoms with Crippen LogP contribution in [0.3, 0.4) is 0 Å². The Morgan fingerprint density at radius 2 is 2.20 bits per heavy atom. The van der Waals surface area contributed by atoms with Crippen molar-refractivity contribution in [1.82, 2.24) is 10.2 Å². The zero-order valence-electron chi connectivity index (χ0n) is 12.0. The highest BCUT2D eigenvalue weighted by atomic mass is 32.2. The third-order valence-corrected chi connectivity index (χ3v) is 6.66. The number of nitrogens with zero attached hydrogens (tertiary/aromatic N) is 1. The van der Waals surface area contributed by atoms with Crippen LogP contribution in [-0.2, 0) is 14.6 Å². The predicted molar refractivity (Wildman–Crippen MR) is 82.5 cm³/mol. The molecule has 0 aromatic rings. The van der Waals surface area contributed by atoms with Crippen molar-refractivity contribution >= 4 is 27.5 Å². The van der Waals surface area contributed by atoms with Crippen LogP contribution in [0.2, 0.25) is 0 Å². The Labute approximate surface area is 125 Å². The van der Waals surface area contributed by atoms with E-state index >= 15 is 0 Å². The van der Waals surface area contributed by atoms with Crippen LogP contribution < -0.4 is 5.32 Å². The van der Waals surface area contributed by atoms with E-state index in [2.05, 4.69) is 5.32 Å². The fourth-order valence-electron chi connectivity index (χ4n) is 2.83. The maximum atomic E-state index is 12.3. The van der Waals surface area contributed by atoms with Gasteiger partial charge in [0.1, 0.15) is 5.37 Å². The number of hydrogen-bond acceptors (Lipinski definition) is 5. The summed E-state index contributed by atoms with van der Waals surface area (Å²) in [5.74, 6) is 1.33. The third kappa shape index (κ3) is 4.36. The average Bonchev–Trinajstić information content (AvgIpc) is 2.45. The molecule has 0 radical (unpaired) electrons. The monoisotopic (exact) mass is 320 g/mol. The average molecular weight is 320 g/mol. The summed E-state index contributed by atoms with van der Waals surface area (Å²) in [6.45, 7) is 1.59. The number of carbonyl (C=O) groups excluding carboxylic acids is 1. The van der Waals surface area contributed by atoms with Crippen LogP contribution in [-0.4, -0.2) is 61.5 Å². The lowest BCUT2D eigenvalue weighted by molar-refractivity contribution is -0.131. The molecule has 7 heteroatoms. The molecule has 20 heavy (non-hydrogen) atoms. The SMILES string of the molecule is CS(=O)(=O)C1CSCCN1C(=O)CCC1CCCCN1. The lowest BCUT2D eigenvalue weighted by Crippen LogP contribution is -2.50. The van der Waals surface area contributed by atoms with Crippen molar-refractivity contribution in [3.05, 3.63) is 0 Å². The zero-order chi connectivity index (χ0) is 14.6. The fraction of sp³-hybridized carbons (Fsp3) is 0.923. The van der Waals surface area contributed by atoms with E-state index in [1.54, 1.807) is 16.7 Å². The van der Waals surface area contributed by atoms with E-state index in [9.17, 15) is 13.2 Å². The molecule has 0 spiro atoms. The van der Waals surface area contributed by atoms with Gasteiger partial charge in [0.15, 0.2) is 9.84 Å². The standard InChI is InChI=1S/C13H24N2O3S2/c1-20(17,18)13-10-19-9-8-15(13)12(16)6-5-11-4-2-3-7-14-11/h11,13-14H,2-10H2,1H3. The second kappa shape index (κ2) is 7.13. The highest BCUT2D eigenvalue weighted by Gasteiger charge is 2.34. The molecule has 1 N–H and O–H groups in total. The molecule has 2 atom stereocenters. The summed E-state index contributed by atoms with van der Waals surface area (Å²) >= 11 is 1.61. The fourth-order valence-corrected chi connectivity index (χ4v) is 5.67. The number of thioether (sulfide) groups is 1. The quantitative estimate of drug-likeness (QED) is 0.832. The summed E-state index contributed by atoms with van der Waals surface area (Å²) in [6.07, 6.45) is 6.06. The van der Waals surface area contributed by atoms with Crippen molar-refractivity contribution in [3.63, 3.8) is 0 Å². The minimum absolute atomic E-state index is 0.00639. The second-order valence-electron chi connectivity index (χ2n) is 5.63. The highest BCUT2D eigenvalue weighted by Crippen LogP contribution is 2.22. The van der Waals surface area contributed by atoms with Gasteiger partial charge in [0.25, 0.3) is 0 Å².